The van der Waals surface area contributed by atoms with Crippen molar-refractivity contribution in [1.29, 1.82) is 0 Å². The van der Waals surface area contributed by atoms with Crippen LogP contribution in [0, 0.1) is 0 Å². The number of carbonyl (C=O) groups is 4. The van der Waals surface area contributed by atoms with Gasteiger partial charge in [0.15, 0.2) is 0 Å². The van der Waals surface area contributed by atoms with Gasteiger partial charge in [-0.1, -0.05) is 35.4 Å². The van der Waals surface area contributed by atoms with Crippen LogP contribution in [0.3, 0.4) is 0 Å². The minimum Gasteiger partial charge on any atom is -0.327 e. The van der Waals surface area contributed by atoms with E-state index in [0.29, 0.717) is 22.3 Å². The molecule has 0 aromatic heterocycles. The van der Waals surface area contributed by atoms with Gasteiger partial charge < -0.3 is 9.74 Å². The second-order valence-electron chi connectivity index (χ2n) is 6.02. The Labute approximate surface area is 158 Å². The molecule has 2 aromatic carbocycles. The molecule has 0 N–H and O–H groups in total. The van der Waals surface area contributed by atoms with Crippen LogP contribution in [0.2, 0.25) is 0 Å². The van der Waals surface area contributed by atoms with Crippen LogP contribution in [0.5, 0.6) is 0 Å². The van der Waals surface area contributed by atoms with Crippen molar-refractivity contribution >= 4 is 35.5 Å². The topological polar surface area (TPSA) is 84.0 Å². The van der Waals surface area contributed by atoms with Crippen molar-refractivity contribution in [2.75, 3.05) is 11.6 Å². The van der Waals surface area contributed by atoms with Gasteiger partial charge in [-0.3, -0.25) is 14.4 Å². The largest absolute Gasteiger partial charge is 0.356 e. The molecule has 1 fully saturated rings. The Hall–Kier alpha value is -3.13. The molecule has 0 saturated carbocycles. The van der Waals surface area contributed by atoms with Gasteiger partial charge in [-0.25, -0.2) is 4.79 Å². The summed E-state index contributed by atoms with van der Waals surface area (Å²) in [6.07, 6.45) is 0. The van der Waals surface area contributed by atoms with Gasteiger partial charge in [0, 0.05) is 11.3 Å². The Morgan fingerprint density at radius 3 is 2.15 bits per heavy atom. The first-order valence-corrected chi connectivity index (χ1v) is 9.37. The summed E-state index contributed by atoms with van der Waals surface area (Å²) in [5.74, 6) is -1.81. The van der Waals surface area contributed by atoms with Gasteiger partial charge in [-0.2, -0.15) is 0 Å². The predicted octanol–water partition coefficient (Wildman–Crippen LogP) is 1.96. The van der Waals surface area contributed by atoms with E-state index in [1.54, 1.807) is 42.5 Å². The van der Waals surface area contributed by atoms with Gasteiger partial charge in [-0.05, 0) is 24.3 Å². The Morgan fingerprint density at radius 2 is 1.52 bits per heavy atom. The highest BCUT2D eigenvalue weighted by Crippen LogP contribution is 2.27. The van der Waals surface area contributed by atoms with Crippen LogP contribution in [0.4, 0.5) is 0 Å². The van der Waals surface area contributed by atoms with Crippen LogP contribution in [-0.4, -0.2) is 51.3 Å². The van der Waals surface area contributed by atoms with Crippen LogP contribution in [0.25, 0.3) is 0 Å². The van der Waals surface area contributed by atoms with Crippen LogP contribution in [-0.2, 0) is 9.63 Å². The molecule has 0 unspecified atom stereocenters. The Balaban J connectivity index is 1.51. The number of rotatable bonds is 3. The van der Waals surface area contributed by atoms with Gasteiger partial charge in [0.1, 0.15) is 6.04 Å². The van der Waals surface area contributed by atoms with Crippen molar-refractivity contribution in [2.24, 2.45) is 0 Å². The quantitative estimate of drug-likeness (QED) is 0.755. The Morgan fingerprint density at radius 1 is 0.926 bits per heavy atom. The molecule has 0 bridgehead atoms. The summed E-state index contributed by atoms with van der Waals surface area (Å²) in [6.45, 7) is 0. The lowest BCUT2D eigenvalue weighted by atomic mass is 10.1. The van der Waals surface area contributed by atoms with E-state index >= 15 is 0 Å². The normalized spacial score (nSPS) is 18.6. The first-order chi connectivity index (χ1) is 13.1. The predicted molar refractivity (Wildman–Crippen MR) is 96.8 cm³/mol. The third kappa shape index (κ3) is 2.97. The number of nitrogens with zero attached hydrogens (tertiary/aromatic N) is 2. The fraction of sp³-hybridized carbons (Fsp3) is 0.158. The average Bonchev–Trinajstić information content (AvgIpc) is 3.28. The van der Waals surface area contributed by atoms with E-state index in [2.05, 4.69) is 0 Å². The average molecular weight is 382 g/mol. The molecule has 2 heterocycles. The summed E-state index contributed by atoms with van der Waals surface area (Å²) in [4.78, 5) is 56.4. The lowest BCUT2D eigenvalue weighted by molar-refractivity contribution is -0.172. The molecule has 8 heteroatoms. The van der Waals surface area contributed by atoms with E-state index in [9.17, 15) is 19.2 Å². The van der Waals surface area contributed by atoms with Crippen molar-refractivity contribution in [3.8, 4) is 0 Å². The van der Waals surface area contributed by atoms with Crippen molar-refractivity contribution < 1.29 is 24.0 Å². The highest BCUT2D eigenvalue weighted by Gasteiger charge is 2.42. The number of amides is 3. The van der Waals surface area contributed by atoms with E-state index in [0.717, 1.165) is 0 Å². The zero-order chi connectivity index (χ0) is 19.0. The maximum atomic E-state index is 12.7. The van der Waals surface area contributed by atoms with Gasteiger partial charge in [0.25, 0.3) is 17.7 Å². The smallest absolute Gasteiger partial charge is 0.327 e. The van der Waals surface area contributed by atoms with Gasteiger partial charge in [0.05, 0.1) is 17.0 Å². The van der Waals surface area contributed by atoms with Crippen LogP contribution >= 0.6 is 11.8 Å². The second-order valence-corrected chi connectivity index (χ2v) is 7.02. The molecule has 2 aliphatic rings. The number of fused-ring (bicyclic) bond motifs is 1. The monoisotopic (exact) mass is 382 g/mol. The Bertz CT molecular complexity index is 911. The number of hydrogen-bond donors (Lipinski definition) is 0. The van der Waals surface area contributed by atoms with Crippen LogP contribution < -0.4 is 0 Å². The second kappa shape index (κ2) is 6.88. The number of imide groups is 1. The molecule has 0 spiro atoms. The standard InChI is InChI=1S/C19H14N2O5S/c22-16(12-6-2-1-3-7-12)20-11-27-10-15(20)19(25)26-21-17(23)13-8-4-5-9-14(13)18(21)24/h1-9,15H,10-11H2/t15-/m1/s1. The molecule has 0 aliphatic carbocycles. The number of benzene rings is 2. The molecular weight excluding hydrogens is 368 g/mol. The zero-order valence-corrected chi connectivity index (χ0v) is 14.8. The van der Waals surface area contributed by atoms with Gasteiger partial charge >= 0.3 is 5.97 Å². The number of hydroxylamine groups is 2. The van der Waals surface area contributed by atoms with Gasteiger partial charge in [0.2, 0.25) is 0 Å². The van der Waals surface area contributed by atoms with Crippen molar-refractivity contribution in [2.45, 2.75) is 6.04 Å². The number of carbonyl (C=O) groups excluding carboxylic acids is 4. The first kappa shape index (κ1) is 17.3. The molecule has 7 nitrogen and oxygen atoms in total. The summed E-state index contributed by atoms with van der Waals surface area (Å²) in [5, 5.41) is 0.473. The third-order valence-electron chi connectivity index (χ3n) is 4.37. The summed E-state index contributed by atoms with van der Waals surface area (Å²) >= 11 is 1.40. The fourth-order valence-corrected chi connectivity index (χ4v) is 4.12. The summed E-state index contributed by atoms with van der Waals surface area (Å²) in [7, 11) is 0. The van der Waals surface area contributed by atoms with E-state index < -0.39 is 23.8 Å². The lowest BCUT2D eigenvalue weighted by Gasteiger charge is -2.23. The zero-order valence-electron chi connectivity index (χ0n) is 14.0. The fourth-order valence-electron chi connectivity index (χ4n) is 2.99. The SMILES string of the molecule is O=C(ON1C(=O)c2ccccc2C1=O)[C@H]1CSCN1C(=O)c1ccccc1. The molecule has 1 saturated heterocycles. The first-order valence-electron chi connectivity index (χ1n) is 8.21. The molecule has 2 aromatic rings. The maximum absolute atomic E-state index is 12.7. The van der Waals surface area contributed by atoms with Crippen LogP contribution in [0.1, 0.15) is 31.1 Å². The molecule has 1 atom stereocenters. The number of thioether (sulfide) groups is 1. The van der Waals surface area contributed by atoms with Crippen molar-refractivity contribution in [3.63, 3.8) is 0 Å². The summed E-state index contributed by atoms with van der Waals surface area (Å²) < 4.78 is 0. The minimum atomic E-state index is -0.869. The summed E-state index contributed by atoms with van der Waals surface area (Å²) in [6, 6.07) is 14.0. The van der Waals surface area contributed by atoms with E-state index in [1.807, 2.05) is 0 Å². The molecule has 3 amide bonds. The minimum absolute atomic E-state index is 0.188. The lowest BCUT2D eigenvalue weighted by Crippen LogP contribution is -2.46. The van der Waals surface area contributed by atoms with Gasteiger partial charge in [-0.15, -0.1) is 11.8 Å². The molecule has 4 rings (SSSR count). The molecule has 2 aliphatic heterocycles. The van der Waals surface area contributed by atoms with E-state index in [1.165, 1.54) is 28.8 Å². The van der Waals surface area contributed by atoms with E-state index in [-0.39, 0.29) is 17.0 Å². The molecule has 136 valence electrons. The molecule has 27 heavy (non-hydrogen) atoms. The van der Waals surface area contributed by atoms with E-state index in [4.69, 9.17) is 4.84 Å². The highest BCUT2D eigenvalue weighted by atomic mass is 32.2. The van der Waals surface area contributed by atoms with Crippen molar-refractivity contribution in [1.82, 2.24) is 9.96 Å². The summed E-state index contributed by atoms with van der Waals surface area (Å²) in [5.41, 5.74) is 0.833. The third-order valence-corrected chi connectivity index (χ3v) is 5.39. The highest BCUT2D eigenvalue weighted by molar-refractivity contribution is 7.99. The molecular formula is C19H14N2O5S. The molecule has 0 radical (unpaired) electrons. The van der Waals surface area contributed by atoms with Crippen molar-refractivity contribution in [3.05, 3.63) is 71.3 Å². The number of hydrogen-bond acceptors (Lipinski definition) is 6. The maximum Gasteiger partial charge on any atom is 0.356 e. The Kier molecular flexibility index (Phi) is 4.41. The van der Waals surface area contributed by atoms with Crippen LogP contribution in [0.15, 0.2) is 54.6 Å².